The van der Waals surface area contributed by atoms with Crippen LogP contribution in [0.25, 0.3) is 10.8 Å². The van der Waals surface area contributed by atoms with Crippen LogP contribution in [0.1, 0.15) is 29.7 Å². The van der Waals surface area contributed by atoms with Gasteiger partial charge in [-0.05, 0) is 42.0 Å². The van der Waals surface area contributed by atoms with E-state index in [9.17, 15) is 0 Å². The van der Waals surface area contributed by atoms with E-state index < -0.39 is 0 Å². The van der Waals surface area contributed by atoms with Gasteiger partial charge in [0, 0.05) is 30.4 Å². The second-order valence-electron chi connectivity index (χ2n) is 5.47. The Hall–Kier alpha value is -2.19. The van der Waals surface area contributed by atoms with E-state index in [0.717, 1.165) is 6.54 Å². The molecule has 0 spiro atoms. The molecule has 0 aliphatic rings. The number of aromatic nitrogens is 1. The number of aryl methyl sites for hydroxylation is 1. The Morgan fingerprint density at radius 1 is 1.05 bits per heavy atom. The summed E-state index contributed by atoms with van der Waals surface area (Å²) in [7, 11) is 0. The van der Waals surface area contributed by atoms with Gasteiger partial charge in [0.05, 0.1) is 0 Å². The molecule has 1 aromatic heterocycles. The summed E-state index contributed by atoms with van der Waals surface area (Å²) in [5, 5.41) is 6.10. The van der Waals surface area contributed by atoms with Crippen LogP contribution < -0.4 is 5.32 Å². The second-order valence-corrected chi connectivity index (χ2v) is 5.47. The van der Waals surface area contributed by atoms with Gasteiger partial charge in [0.2, 0.25) is 0 Å². The van der Waals surface area contributed by atoms with Crippen LogP contribution in [-0.2, 0) is 6.54 Å². The molecule has 21 heavy (non-hydrogen) atoms. The van der Waals surface area contributed by atoms with Crippen LogP contribution >= 0.6 is 0 Å². The maximum atomic E-state index is 4.19. The van der Waals surface area contributed by atoms with E-state index in [1.165, 1.54) is 27.5 Å². The molecule has 0 bridgehead atoms. The van der Waals surface area contributed by atoms with Gasteiger partial charge in [-0.25, -0.2) is 0 Å². The van der Waals surface area contributed by atoms with E-state index in [4.69, 9.17) is 0 Å². The average Bonchev–Trinajstić information content (AvgIpc) is 2.53. The van der Waals surface area contributed by atoms with Crippen molar-refractivity contribution >= 4 is 10.8 Å². The van der Waals surface area contributed by atoms with E-state index in [2.05, 4.69) is 72.7 Å². The molecule has 0 amide bonds. The summed E-state index contributed by atoms with van der Waals surface area (Å²) in [4.78, 5) is 4.19. The van der Waals surface area contributed by atoms with Crippen LogP contribution in [0.3, 0.4) is 0 Å². The molecule has 0 saturated carbocycles. The number of rotatable bonds is 4. The minimum Gasteiger partial charge on any atom is -0.306 e. The van der Waals surface area contributed by atoms with Gasteiger partial charge >= 0.3 is 0 Å². The third kappa shape index (κ3) is 2.96. The molecule has 1 atom stereocenters. The third-order valence-electron chi connectivity index (χ3n) is 4.02. The average molecular weight is 276 g/mol. The van der Waals surface area contributed by atoms with E-state index in [1.807, 2.05) is 12.4 Å². The molecule has 2 nitrogen and oxygen atoms in total. The number of hydrogen-bond acceptors (Lipinski definition) is 2. The first-order valence-electron chi connectivity index (χ1n) is 7.36. The van der Waals surface area contributed by atoms with Gasteiger partial charge in [0.15, 0.2) is 0 Å². The molecule has 0 radical (unpaired) electrons. The summed E-state index contributed by atoms with van der Waals surface area (Å²) < 4.78 is 0. The molecule has 2 heteroatoms. The molecule has 106 valence electrons. The lowest BCUT2D eigenvalue weighted by Crippen LogP contribution is -2.19. The highest BCUT2D eigenvalue weighted by Crippen LogP contribution is 2.20. The lowest BCUT2D eigenvalue weighted by atomic mass is 10.0. The number of fused-ring (bicyclic) bond motifs is 1. The highest BCUT2D eigenvalue weighted by Gasteiger charge is 2.08. The summed E-state index contributed by atoms with van der Waals surface area (Å²) in [6.45, 7) is 5.24. The normalized spacial score (nSPS) is 12.5. The van der Waals surface area contributed by atoms with Gasteiger partial charge in [-0.3, -0.25) is 4.98 Å². The van der Waals surface area contributed by atoms with Crippen molar-refractivity contribution in [2.45, 2.75) is 26.4 Å². The highest BCUT2D eigenvalue weighted by atomic mass is 14.9. The van der Waals surface area contributed by atoms with Crippen molar-refractivity contribution < 1.29 is 0 Å². The van der Waals surface area contributed by atoms with Crippen molar-refractivity contribution in [3.63, 3.8) is 0 Å². The summed E-state index contributed by atoms with van der Waals surface area (Å²) in [6, 6.07) is 17.4. The summed E-state index contributed by atoms with van der Waals surface area (Å²) in [5.41, 5.74) is 4.01. The molecule has 0 unspecified atom stereocenters. The fourth-order valence-electron chi connectivity index (χ4n) is 2.79. The molecule has 0 aliphatic heterocycles. The molecule has 1 N–H and O–H groups in total. The van der Waals surface area contributed by atoms with Crippen molar-refractivity contribution in [3.05, 3.63) is 77.6 Å². The number of pyridine rings is 1. The fraction of sp³-hybridized carbons (Fsp3) is 0.211. The Morgan fingerprint density at radius 3 is 2.76 bits per heavy atom. The zero-order valence-corrected chi connectivity index (χ0v) is 12.5. The Labute approximate surface area is 125 Å². The molecule has 3 rings (SSSR count). The number of nitrogens with one attached hydrogen (secondary N) is 1. The molecule has 0 fully saturated rings. The van der Waals surface area contributed by atoms with Crippen molar-refractivity contribution in [1.29, 1.82) is 0 Å². The third-order valence-corrected chi connectivity index (χ3v) is 4.02. The standard InChI is InChI=1S/C19H20N2/c1-14-6-3-4-9-18(14)15(2)21-13-17-8-5-7-16-12-20-11-10-19(16)17/h3-12,15,21H,13H2,1-2H3/t15-/m1/s1. The smallest absolute Gasteiger partial charge is 0.0346 e. The number of benzene rings is 2. The highest BCUT2D eigenvalue weighted by molar-refractivity contribution is 5.84. The number of hydrogen-bond donors (Lipinski definition) is 1. The van der Waals surface area contributed by atoms with Gasteiger partial charge in [-0.15, -0.1) is 0 Å². The largest absolute Gasteiger partial charge is 0.306 e. The Bertz CT molecular complexity index is 744. The van der Waals surface area contributed by atoms with Crippen LogP contribution in [0.5, 0.6) is 0 Å². The Morgan fingerprint density at radius 2 is 1.90 bits per heavy atom. The van der Waals surface area contributed by atoms with Crippen LogP contribution in [0.15, 0.2) is 60.9 Å². The van der Waals surface area contributed by atoms with Crippen LogP contribution in [0.2, 0.25) is 0 Å². The van der Waals surface area contributed by atoms with Gasteiger partial charge in [-0.1, -0.05) is 42.5 Å². The predicted octanol–water partition coefficient (Wildman–Crippen LogP) is 4.39. The first-order chi connectivity index (χ1) is 10.3. The Balaban J connectivity index is 1.79. The molecule has 3 aromatic rings. The molecule has 0 saturated heterocycles. The molecule has 0 aliphatic carbocycles. The van der Waals surface area contributed by atoms with Crippen molar-refractivity contribution in [2.75, 3.05) is 0 Å². The molecular weight excluding hydrogens is 256 g/mol. The zero-order valence-electron chi connectivity index (χ0n) is 12.5. The fourth-order valence-corrected chi connectivity index (χ4v) is 2.79. The monoisotopic (exact) mass is 276 g/mol. The van der Waals surface area contributed by atoms with Crippen LogP contribution in [-0.4, -0.2) is 4.98 Å². The minimum absolute atomic E-state index is 0.336. The lowest BCUT2D eigenvalue weighted by molar-refractivity contribution is 0.574. The maximum Gasteiger partial charge on any atom is 0.0346 e. The number of nitrogens with zero attached hydrogens (tertiary/aromatic N) is 1. The van der Waals surface area contributed by atoms with Crippen LogP contribution in [0, 0.1) is 6.92 Å². The van der Waals surface area contributed by atoms with E-state index in [0.29, 0.717) is 6.04 Å². The zero-order chi connectivity index (χ0) is 14.7. The maximum absolute atomic E-state index is 4.19. The first kappa shape index (κ1) is 13.8. The minimum atomic E-state index is 0.336. The van der Waals surface area contributed by atoms with Crippen molar-refractivity contribution in [3.8, 4) is 0 Å². The predicted molar refractivity (Wildman–Crippen MR) is 88.2 cm³/mol. The van der Waals surface area contributed by atoms with Gasteiger partial charge < -0.3 is 5.32 Å². The molecule has 1 heterocycles. The quantitative estimate of drug-likeness (QED) is 0.764. The van der Waals surface area contributed by atoms with E-state index in [1.54, 1.807) is 0 Å². The van der Waals surface area contributed by atoms with Crippen molar-refractivity contribution in [1.82, 2.24) is 10.3 Å². The van der Waals surface area contributed by atoms with Gasteiger partial charge in [0.1, 0.15) is 0 Å². The van der Waals surface area contributed by atoms with E-state index >= 15 is 0 Å². The van der Waals surface area contributed by atoms with Crippen LogP contribution in [0.4, 0.5) is 0 Å². The van der Waals surface area contributed by atoms with E-state index in [-0.39, 0.29) is 0 Å². The first-order valence-corrected chi connectivity index (χ1v) is 7.36. The summed E-state index contributed by atoms with van der Waals surface area (Å²) >= 11 is 0. The lowest BCUT2D eigenvalue weighted by Gasteiger charge is -2.17. The van der Waals surface area contributed by atoms with Gasteiger partial charge in [0.25, 0.3) is 0 Å². The summed E-state index contributed by atoms with van der Waals surface area (Å²) in [5.74, 6) is 0. The summed E-state index contributed by atoms with van der Waals surface area (Å²) in [6.07, 6.45) is 3.78. The molecular formula is C19H20N2. The topological polar surface area (TPSA) is 24.9 Å². The SMILES string of the molecule is Cc1ccccc1[C@@H](C)NCc1cccc2cnccc12. The molecule has 2 aromatic carbocycles. The second kappa shape index (κ2) is 6.06. The van der Waals surface area contributed by atoms with Gasteiger partial charge in [-0.2, -0.15) is 0 Å². The Kier molecular flexibility index (Phi) is 3.98. The van der Waals surface area contributed by atoms with Crippen molar-refractivity contribution in [2.24, 2.45) is 0 Å².